The number of benzene rings is 2. The molecule has 2 unspecified atom stereocenters. The maximum atomic E-state index is 13.5. The second-order valence-electron chi connectivity index (χ2n) is 10.9. The van der Waals surface area contributed by atoms with Gasteiger partial charge < -0.3 is 20.3 Å². The van der Waals surface area contributed by atoms with E-state index in [9.17, 15) is 28.6 Å². The molecule has 1 aliphatic rings. The molecule has 0 spiro atoms. The molecule has 3 atom stereocenters. The first-order chi connectivity index (χ1) is 18.3. The second kappa shape index (κ2) is 12.3. The molecule has 0 saturated heterocycles. The third-order valence-electron chi connectivity index (χ3n) is 6.75. The number of hydrogen-bond acceptors (Lipinski definition) is 6. The summed E-state index contributed by atoms with van der Waals surface area (Å²) in [5.74, 6) is -2.45. The molecule has 10 nitrogen and oxygen atoms in total. The number of carbonyl (C=O) groups excluding carboxylic acids is 4. The van der Waals surface area contributed by atoms with Crippen LogP contribution in [0.25, 0.3) is 10.8 Å². The highest BCUT2D eigenvalue weighted by molar-refractivity contribution is 7.58. The third kappa shape index (κ3) is 6.86. The van der Waals surface area contributed by atoms with E-state index in [-0.39, 0.29) is 28.9 Å². The standard InChI is InChI=1S/C28H38N3O7P/c1-16(2)12-18(25(32)30-22(13-17(3)4)26(33)29-5)14-39(36,37)15-31-27(34)20-9-7-8-19-23(38-6)11-10-21(24(19)20)28(31)35/h7-11,16-18,22H,12-15H2,1-6H3,(H,29,33)(H,30,32)(H,36,37)/t18?,22-/m0/s1. The van der Waals surface area contributed by atoms with Crippen LogP contribution in [0.15, 0.2) is 30.3 Å². The van der Waals surface area contributed by atoms with Crippen molar-refractivity contribution < 1.29 is 33.4 Å². The van der Waals surface area contributed by atoms with E-state index in [0.29, 0.717) is 29.4 Å². The van der Waals surface area contributed by atoms with E-state index in [1.54, 1.807) is 24.3 Å². The fraction of sp³-hybridized carbons (Fsp3) is 0.500. The summed E-state index contributed by atoms with van der Waals surface area (Å²) in [6.45, 7) is 7.63. The van der Waals surface area contributed by atoms with Gasteiger partial charge in [-0.25, -0.2) is 0 Å². The van der Waals surface area contributed by atoms with Crippen molar-refractivity contribution >= 4 is 41.8 Å². The van der Waals surface area contributed by atoms with Crippen LogP contribution in [-0.4, -0.2) is 66.1 Å². The number of nitrogens with zero attached hydrogens (tertiary/aromatic N) is 1. The van der Waals surface area contributed by atoms with Crippen LogP contribution in [0.4, 0.5) is 0 Å². The molecule has 0 fully saturated rings. The first-order valence-electron chi connectivity index (χ1n) is 13.1. The van der Waals surface area contributed by atoms with Crippen molar-refractivity contribution in [1.82, 2.24) is 15.5 Å². The van der Waals surface area contributed by atoms with Crippen LogP contribution in [0.1, 0.15) is 61.3 Å². The fourth-order valence-corrected chi connectivity index (χ4v) is 6.87. The van der Waals surface area contributed by atoms with Gasteiger partial charge in [0.15, 0.2) is 0 Å². The Balaban J connectivity index is 1.86. The summed E-state index contributed by atoms with van der Waals surface area (Å²) in [4.78, 5) is 64.1. The number of carbonyl (C=O) groups is 4. The topological polar surface area (TPSA) is 142 Å². The Labute approximate surface area is 228 Å². The minimum absolute atomic E-state index is 0.0158. The van der Waals surface area contributed by atoms with Crippen molar-refractivity contribution in [2.45, 2.75) is 46.6 Å². The van der Waals surface area contributed by atoms with Gasteiger partial charge in [-0.15, -0.1) is 0 Å². The summed E-state index contributed by atoms with van der Waals surface area (Å²) in [5, 5.41) is 6.33. The van der Waals surface area contributed by atoms with Gasteiger partial charge in [0.2, 0.25) is 19.2 Å². The van der Waals surface area contributed by atoms with Crippen LogP contribution in [0, 0.1) is 17.8 Å². The lowest BCUT2D eigenvalue weighted by molar-refractivity contribution is -0.131. The maximum Gasteiger partial charge on any atom is 0.261 e. The molecule has 0 radical (unpaired) electrons. The Morgan fingerprint density at radius 1 is 0.974 bits per heavy atom. The van der Waals surface area contributed by atoms with Crippen molar-refractivity contribution in [2.75, 3.05) is 26.6 Å². The predicted molar refractivity (Wildman–Crippen MR) is 149 cm³/mol. The van der Waals surface area contributed by atoms with Crippen molar-refractivity contribution in [2.24, 2.45) is 17.8 Å². The highest BCUT2D eigenvalue weighted by Crippen LogP contribution is 2.46. The Morgan fingerprint density at radius 3 is 2.15 bits per heavy atom. The summed E-state index contributed by atoms with van der Waals surface area (Å²) in [6.07, 6.45) is -0.458. The molecule has 1 heterocycles. The molecular weight excluding hydrogens is 521 g/mol. The highest BCUT2D eigenvalue weighted by Gasteiger charge is 2.39. The number of imide groups is 1. The highest BCUT2D eigenvalue weighted by atomic mass is 31.2. The molecule has 0 bridgehead atoms. The van der Waals surface area contributed by atoms with Gasteiger partial charge in [-0.05, 0) is 42.9 Å². The number of likely N-dealkylation sites (N-methyl/N-ethyl adjacent to an activating group) is 1. The molecule has 0 aromatic heterocycles. The van der Waals surface area contributed by atoms with Crippen LogP contribution >= 0.6 is 7.37 Å². The van der Waals surface area contributed by atoms with Gasteiger partial charge in [0.25, 0.3) is 11.8 Å². The van der Waals surface area contributed by atoms with Gasteiger partial charge in [0, 0.05) is 41.0 Å². The summed E-state index contributed by atoms with van der Waals surface area (Å²) in [5.41, 5.74) is 0.471. The number of rotatable bonds is 12. The second-order valence-corrected chi connectivity index (χ2v) is 13.2. The van der Waals surface area contributed by atoms with Gasteiger partial charge in [0.05, 0.1) is 7.11 Å². The van der Waals surface area contributed by atoms with Crippen LogP contribution in [0.2, 0.25) is 0 Å². The minimum atomic E-state index is -4.21. The Bertz CT molecular complexity index is 1300. The Hall–Kier alpha value is -3.23. The van der Waals surface area contributed by atoms with Crippen molar-refractivity contribution in [3.8, 4) is 5.75 Å². The van der Waals surface area contributed by atoms with Gasteiger partial charge in [-0.3, -0.25) is 28.6 Å². The maximum absolute atomic E-state index is 13.5. The molecule has 0 aliphatic carbocycles. The molecule has 1 aliphatic heterocycles. The lowest BCUT2D eigenvalue weighted by atomic mass is 9.94. The van der Waals surface area contributed by atoms with E-state index in [2.05, 4.69) is 10.6 Å². The number of methoxy groups -OCH3 is 1. The molecular formula is C28H38N3O7P. The molecule has 2 aromatic rings. The van der Waals surface area contributed by atoms with Gasteiger partial charge >= 0.3 is 0 Å². The van der Waals surface area contributed by atoms with Crippen molar-refractivity contribution in [1.29, 1.82) is 0 Å². The number of nitrogens with one attached hydrogen (secondary N) is 2. The normalized spacial score (nSPS) is 16.3. The number of hydrogen-bond donors (Lipinski definition) is 3. The molecule has 39 heavy (non-hydrogen) atoms. The number of amides is 4. The summed E-state index contributed by atoms with van der Waals surface area (Å²) >= 11 is 0. The van der Waals surface area contributed by atoms with Crippen LogP contribution in [-0.2, 0) is 14.2 Å². The largest absolute Gasteiger partial charge is 0.496 e. The predicted octanol–water partition coefficient (Wildman–Crippen LogP) is 3.61. The SMILES string of the molecule is CNC(=O)[C@H](CC(C)C)NC(=O)C(CC(C)C)CP(=O)(O)CN1C(=O)c2cccc3c(OC)ccc(c23)C1=O. The van der Waals surface area contributed by atoms with Crippen LogP contribution < -0.4 is 15.4 Å². The molecule has 212 valence electrons. The molecule has 11 heteroatoms. The van der Waals surface area contributed by atoms with E-state index in [4.69, 9.17) is 4.74 Å². The zero-order chi connectivity index (χ0) is 29.1. The lowest BCUT2D eigenvalue weighted by Gasteiger charge is -2.30. The fourth-order valence-electron chi connectivity index (χ4n) is 5.05. The zero-order valence-corrected chi connectivity index (χ0v) is 24.2. The lowest BCUT2D eigenvalue weighted by Crippen LogP contribution is -2.49. The average Bonchev–Trinajstić information content (AvgIpc) is 2.87. The summed E-state index contributed by atoms with van der Waals surface area (Å²) < 4.78 is 18.9. The van der Waals surface area contributed by atoms with Gasteiger partial charge in [-0.2, -0.15) is 0 Å². The van der Waals surface area contributed by atoms with Gasteiger partial charge in [-0.1, -0.05) is 39.8 Å². The van der Waals surface area contributed by atoms with Crippen molar-refractivity contribution in [3.63, 3.8) is 0 Å². The summed E-state index contributed by atoms with van der Waals surface area (Å²) in [6, 6.07) is 7.35. The molecule has 2 aromatic carbocycles. The monoisotopic (exact) mass is 559 g/mol. The van der Waals surface area contributed by atoms with Crippen molar-refractivity contribution in [3.05, 3.63) is 41.5 Å². The number of ether oxygens (including phenoxy) is 1. The molecule has 3 N–H and O–H groups in total. The first kappa shape index (κ1) is 30.3. The average molecular weight is 560 g/mol. The smallest absolute Gasteiger partial charge is 0.261 e. The van der Waals surface area contributed by atoms with E-state index in [0.717, 1.165) is 4.90 Å². The van der Waals surface area contributed by atoms with E-state index in [1.165, 1.54) is 20.2 Å². The summed E-state index contributed by atoms with van der Waals surface area (Å²) in [7, 11) is -1.23. The van der Waals surface area contributed by atoms with Crippen LogP contribution in [0.5, 0.6) is 5.75 Å². The Kier molecular flexibility index (Phi) is 9.56. The van der Waals surface area contributed by atoms with E-state index >= 15 is 0 Å². The molecule has 4 amide bonds. The van der Waals surface area contributed by atoms with E-state index in [1.807, 2.05) is 27.7 Å². The zero-order valence-electron chi connectivity index (χ0n) is 23.3. The molecule has 3 rings (SSSR count). The Morgan fingerprint density at radius 2 is 1.59 bits per heavy atom. The van der Waals surface area contributed by atoms with Crippen LogP contribution in [0.3, 0.4) is 0 Å². The van der Waals surface area contributed by atoms with E-state index < -0.39 is 49.5 Å². The van der Waals surface area contributed by atoms with Gasteiger partial charge in [0.1, 0.15) is 18.1 Å². The minimum Gasteiger partial charge on any atom is -0.496 e. The molecule has 0 saturated carbocycles. The quantitative estimate of drug-likeness (QED) is 0.266. The third-order valence-corrected chi connectivity index (χ3v) is 8.49. The first-order valence-corrected chi connectivity index (χ1v) is 15.1.